The minimum atomic E-state index is -0.624. The van der Waals surface area contributed by atoms with Crippen molar-refractivity contribution < 1.29 is 19.1 Å². The maximum absolute atomic E-state index is 14.3. The van der Waals surface area contributed by atoms with Crippen LogP contribution in [0.1, 0.15) is 69.1 Å². The lowest BCUT2D eigenvalue weighted by Gasteiger charge is -2.37. The number of benzene rings is 3. The minimum absolute atomic E-state index is 0.0678. The van der Waals surface area contributed by atoms with Crippen LogP contribution >= 0.6 is 11.6 Å². The predicted molar refractivity (Wildman–Crippen MR) is 178 cm³/mol. The largest absolute Gasteiger partial charge is 0.453 e. The van der Waals surface area contributed by atoms with Crippen LogP contribution in [-0.2, 0) is 16.0 Å². The molecule has 0 N–H and O–H groups in total. The van der Waals surface area contributed by atoms with Gasteiger partial charge < -0.3 is 14.4 Å². The standard InChI is InChI=1S/C36H39ClN4O5/c1-36(2,3)46-34(43)39(4)20-11-21-40-32(38-28-17-10-16-27(37)29(28)33(40)42)30(22-18-19-22)41(35(44)45-5)31-25-14-8-6-12-23(25)24-13-7-9-15-26(24)31/h6-10,12-17,22,30-31H,11,18-21H2,1-5H3/t30-/m0/s1. The molecule has 46 heavy (non-hydrogen) atoms. The molecular weight excluding hydrogens is 604 g/mol. The SMILES string of the molecule is COC(=O)N(C1c2ccccc2-c2ccccc21)[C@H](c1nc2cccc(Cl)c2c(=O)n1CCCN(C)C(=O)OC(C)(C)C)C1CC1. The zero-order valence-corrected chi connectivity index (χ0v) is 27.6. The molecule has 0 saturated heterocycles. The molecule has 0 aliphatic heterocycles. The Kier molecular flexibility index (Phi) is 8.55. The Labute approximate surface area is 273 Å². The fraction of sp³-hybridized carbons (Fsp3) is 0.389. The molecule has 0 bridgehead atoms. The molecule has 240 valence electrons. The van der Waals surface area contributed by atoms with E-state index in [-0.39, 0.29) is 18.0 Å². The van der Waals surface area contributed by atoms with Crippen LogP contribution in [0.15, 0.2) is 71.5 Å². The predicted octanol–water partition coefficient (Wildman–Crippen LogP) is 7.60. The number of halogens is 1. The van der Waals surface area contributed by atoms with Gasteiger partial charge in [-0.1, -0.05) is 66.2 Å². The molecule has 9 nitrogen and oxygen atoms in total. The summed E-state index contributed by atoms with van der Waals surface area (Å²) in [6.45, 7) is 6.06. The molecular formula is C36H39ClN4O5. The Hall–Kier alpha value is -4.37. The molecule has 0 radical (unpaired) electrons. The van der Waals surface area contributed by atoms with Crippen LogP contribution in [0.5, 0.6) is 0 Å². The highest BCUT2D eigenvalue weighted by Crippen LogP contribution is 2.53. The molecule has 2 amide bonds. The van der Waals surface area contributed by atoms with E-state index in [0.29, 0.717) is 34.7 Å². The molecule has 1 heterocycles. The van der Waals surface area contributed by atoms with E-state index in [0.717, 1.165) is 35.1 Å². The summed E-state index contributed by atoms with van der Waals surface area (Å²) in [7, 11) is 3.06. The topological polar surface area (TPSA) is 94.0 Å². The van der Waals surface area contributed by atoms with Gasteiger partial charge in [0.15, 0.2) is 0 Å². The number of amides is 2. The van der Waals surface area contributed by atoms with Gasteiger partial charge in [0.1, 0.15) is 11.4 Å². The molecule has 2 aliphatic carbocycles. The van der Waals surface area contributed by atoms with Crippen molar-refractivity contribution in [1.29, 1.82) is 0 Å². The van der Waals surface area contributed by atoms with Gasteiger partial charge in [0, 0.05) is 20.1 Å². The highest BCUT2D eigenvalue weighted by Gasteiger charge is 2.47. The molecule has 6 rings (SSSR count). The molecule has 0 unspecified atom stereocenters. The molecule has 1 saturated carbocycles. The zero-order chi connectivity index (χ0) is 32.7. The van der Waals surface area contributed by atoms with Crippen molar-refractivity contribution in [2.45, 2.75) is 64.3 Å². The van der Waals surface area contributed by atoms with Gasteiger partial charge in [-0.15, -0.1) is 0 Å². The van der Waals surface area contributed by atoms with Gasteiger partial charge in [-0.25, -0.2) is 14.6 Å². The van der Waals surface area contributed by atoms with Gasteiger partial charge in [0.05, 0.1) is 35.1 Å². The van der Waals surface area contributed by atoms with E-state index in [9.17, 15) is 14.4 Å². The van der Waals surface area contributed by atoms with Crippen LogP contribution < -0.4 is 5.56 Å². The highest BCUT2D eigenvalue weighted by molar-refractivity contribution is 6.35. The summed E-state index contributed by atoms with van der Waals surface area (Å²) >= 11 is 6.57. The van der Waals surface area contributed by atoms with Crippen molar-refractivity contribution in [2.24, 2.45) is 5.92 Å². The van der Waals surface area contributed by atoms with Crippen molar-refractivity contribution in [1.82, 2.24) is 19.4 Å². The van der Waals surface area contributed by atoms with Crippen molar-refractivity contribution >= 4 is 34.7 Å². The summed E-state index contributed by atoms with van der Waals surface area (Å²) in [4.78, 5) is 49.3. The molecule has 10 heteroatoms. The number of rotatable bonds is 8. The first-order chi connectivity index (χ1) is 22.0. The summed E-state index contributed by atoms with van der Waals surface area (Å²) in [5.41, 5.74) is 3.68. The van der Waals surface area contributed by atoms with Crippen molar-refractivity contribution in [3.8, 4) is 11.1 Å². The normalized spacial score (nSPS) is 14.8. The first-order valence-corrected chi connectivity index (χ1v) is 16.1. The number of carbonyl (C=O) groups is 2. The summed E-state index contributed by atoms with van der Waals surface area (Å²) in [5.74, 6) is 0.549. The fourth-order valence-corrected chi connectivity index (χ4v) is 6.72. The Morgan fingerprint density at radius 2 is 1.61 bits per heavy atom. The van der Waals surface area contributed by atoms with Gasteiger partial charge in [-0.05, 0) is 80.3 Å². The van der Waals surface area contributed by atoms with Crippen molar-refractivity contribution in [2.75, 3.05) is 20.7 Å². The fourth-order valence-electron chi connectivity index (χ4n) is 6.47. The molecule has 1 fully saturated rings. The Balaban J connectivity index is 1.47. The molecule has 1 atom stereocenters. The van der Waals surface area contributed by atoms with E-state index < -0.39 is 29.9 Å². The molecule has 1 aromatic heterocycles. The molecule has 4 aromatic rings. The number of hydrogen-bond donors (Lipinski definition) is 0. The number of ether oxygens (including phenoxy) is 2. The lowest BCUT2D eigenvalue weighted by atomic mass is 9.99. The third kappa shape index (κ3) is 5.96. The van der Waals surface area contributed by atoms with Crippen molar-refractivity contribution in [3.63, 3.8) is 0 Å². The number of fused-ring (bicyclic) bond motifs is 4. The average Bonchev–Trinajstić information content (AvgIpc) is 3.81. The van der Waals surface area contributed by atoms with Crippen LogP contribution in [0.25, 0.3) is 22.0 Å². The first-order valence-electron chi connectivity index (χ1n) is 15.7. The number of hydrogen-bond acceptors (Lipinski definition) is 6. The van der Waals surface area contributed by atoms with Gasteiger partial charge >= 0.3 is 12.2 Å². The van der Waals surface area contributed by atoms with E-state index in [1.54, 1.807) is 34.7 Å². The van der Waals surface area contributed by atoms with Gasteiger partial charge in [-0.2, -0.15) is 0 Å². The minimum Gasteiger partial charge on any atom is -0.453 e. The smallest absolute Gasteiger partial charge is 0.410 e. The maximum Gasteiger partial charge on any atom is 0.410 e. The molecule has 2 aliphatic rings. The van der Waals surface area contributed by atoms with E-state index in [1.807, 2.05) is 57.2 Å². The van der Waals surface area contributed by atoms with E-state index in [2.05, 4.69) is 12.1 Å². The van der Waals surface area contributed by atoms with Crippen molar-refractivity contribution in [3.05, 3.63) is 99.1 Å². The maximum atomic E-state index is 14.3. The number of methoxy groups -OCH3 is 1. The second-order valence-corrected chi connectivity index (χ2v) is 13.5. The summed E-state index contributed by atoms with van der Waals surface area (Å²) in [6.07, 6.45) is 1.26. The van der Waals surface area contributed by atoms with E-state index in [4.69, 9.17) is 26.1 Å². The second kappa shape index (κ2) is 12.4. The Morgan fingerprint density at radius 1 is 0.978 bits per heavy atom. The van der Waals surface area contributed by atoms with Crippen LogP contribution in [0, 0.1) is 5.92 Å². The number of nitrogens with zero attached hydrogens (tertiary/aromatic N) is 4. The number of carbonyl (C=O) groups excluding carboxylic acids is 2. The zero-order valence-electron chi connectivity index (χ0n) is 26.8. The Morgan fingerprint density at radius 3 is 2.20 bits per heavy atom. The Bertz CT molecular complexity index is 1820. The molecule has 3 aromatic carbocycles. The summed E-state index contributed by atoms with van der Waals surface area (Å²) in [6, 6.07) is 20.4. The monoisotopic (exact) mass is 642 g/mol. The highest BCUT2D eigenvalue weighted by atomic mass is 35.5. The number of aromatic nitrogens is 2. The van der Waals surface area contributed by atoms with Gasteiger partial charge in [0.2, 0.25) is 0 Å². The van der Waals surface area contributed by atoms with E-state index >= 15 is 0 Å². The molecule has 0 spiro atoms. The summed E-state index contributed by atoms with van der Waals surface area (Å²) < 4.78 is 12.6. The van der Waals surface area contributed by atoms with Crippen LogP contribution in [0.2, 0.25) is 5.02 Å². The third-order valence-electron chi connectivity index (χ3n) is 8.64. The second-order valence-electron chi connectivity index (χ2n) is 13.1. The third-order valence-corrected chi connectivity index (χ3v) is 8.95. The average molecular weight is 643 g/mol. The summed E-state index contributed by atoms with van der Waals surface area (Å²) in [5, 5.41) is 0.636. The van der Waals surface area contributed by atoms with Crippen LogP contribution in [0.4, 0.5) is 9.59 Å². The lowest BCUT2D eigenvalue weighted by Crippen LogP contribution is -2.42. The van der Waals surface area contributed by atoms with Crippen LogP contribution in [-0.4, -0.2) is 57.8 Å². The van der Waals surface area contributed by atoms with E-state index in [1.165, 1.54) is 12.0 Å². The first kappa shape index (κ1) is 31.6. The van der Waals surface area contributed by atoms with Gasteiger partial charge in [0.25, 0.3) is 5.56 Å². The van der Waals surface area contributed by atoms with Crippen LogP contribution in [0.3, 0.4) is 0 Å². The lowest BCUT2D eigenvalue weighted by molar-refractivity contribution is 0.0294. The van der Waals surface area contributed by atoms with Gasteiger partial charge in [-0.3, -0.25) is 14.3 Å². The quantitative estimate of drug-likeness (QED) is 0.197.